The van der Waals surface area contributed by atoms with Crippen LogP contribution in [0.25, 0.3) is 0 Å². The number of amides is 4. The zero-order valence-corrected chi connectivity index (χ0v) is 29.1. The Morgan fingerprint density at radius 1 is 0.512 bits per heavy atom. The minimum absolute atomic E-state index is 0. The predicted octanol–water partition coefficient (Wildman–Crippen LogP) is -0.200. The monoisotopic (exact) mass is 634 g/mol. The third kappa shape index (κ3) is 15.5. The quantitative estimate of drug-likeness (QED) is 0.169. The van der Waals surface area contributed by atoms with Gasteiger partial charge in [0.25, 0.3) is 0 Å². The summed E-state index contributed by atoms with van der Waals surface area (Å²) in [5.74, 6) is -6.52. The van der Waals surface area contributed by atoms with E-state index >= 15 is 0 Å². The molecule has 4 N–H and O–H groups in total. The molecular weight excluding hydrogens is 586 g/mol. The van der Waals surface area contributed by atoms with Gasteiger partial charge in [-0.05, 0) is 51.6 Å². The molecule has 0 heterocycles. The number of imide groups is 2. The molecule has 0 rings (SSSR count). The van der Waals surface area contributed by atoms with E-state index in [1.807, 2.05) is 0 Å². The van der Waals surface area contributed by atoms with Gasteiger partial charge >= 0.3 is 19.5 Å². The topological polar surface area (TPSA) is 207 Å². The van der Waals surface area contributed by atoms with E-state index in [9.17, 15) is 39.0 Å². The summed E-state index contributed by atoms with van der Waals surface area (Å²) in [6, 6.07) is -2.43. The van der Waals surface area contributed by atoms with Crippen LogP contribution >= 0.6 is 0 Å². The number of aliphatic carboxylic acids is 2. The largest absolute Gasteiger partial charge is 2.00 e. The van der Waals surface area contributed by atoms with Crippen LogP contribution in [0.4, 0.5) is 0 Å². The maximum Gasteiger partial charge on any atom is 2.00 e. The van der Waals surface area contributed by atoms with Crippen molar-refractivity contribution in [2.75, 3.05) is 13.1 Å². The first kappa shape index (κ1) is 43.2. The molecule has 0 aromatic heterocycles. The van der Waals surface area contributed by atoms with Crippen molar-refractivity contribution in [1.29, 1.82) is 0 Å². The average Bonchev–Trinajstić information content (AvgIpc) is 2.86. The van der Waals surface area contributed by atoms with E-state index in [0.717, 1.165) is 9.80 Å². The molecule has 0 aliphatic heterocycles. The second-order valence-corrected chi connectivity index (χ2v) is 11.0. The van der Waals surface area contributed by atoms with Gasteiger partial charge in [-0.15, -0.1) is 0 Å². The molecule has 0 aromatic carbocycles. The molecule has 0 saturated heterocycles. The smallest absolute Gasteiger partial charge is 0.548 e. The molecule has 0 bridgehead atoms. The van der Waals surface area contributed by atoms with Crippen LogP contribution < -0.4 is 21.7 Å². The maximum absolute atomic E-state index is 12.2. The number of nitrogens with zero attached hydrogens (tertiary/aromatic N) is 2. The minimum Gasteiger partial charge on any atom is -0.548 e. The summed E-state index contributed by atoms with van der Waals surface area (Å²) in [5, 5.41) is 22.6. The van der Waals surface area contributed by atoms with Gasteiger partial charge in [-0.3, -0.25) is 29.0 Å². The van der Waals surface area contributed by atoms with E-state index in [1.165, 1.54) is 0 Å². The minimum atomic E-state index is -1.40. The summed E-state index contributed by atoms with van der Waals surface area (Å²) >= 11 is 0. The van der Waals surface area contributed by atoms with Gasteiger partial charge in [0.05, 0.1) is 24.0 Å². The van der Waals surface area contributed by atoms with Crippen molar-refractivity contribution >= 4 is 35.6 Å². The number of unbranched alkanes of at least 4 members (excludes halogenated alkanes) is 2. The first-order valence-corrected chi connectivity index (χ1v) is 14.0. The number of carbonyl (C=O) groups excluding carboxylic acids is 6. The van der Waals surface area contributed by atoms with E-state index in [-0.39, 0.29) is 32.3 Å². The Bertz CT molecular complexity index is 741. The van der Waals surface area contributed by atoms with E-state index in [2.05, 4.69) is 0 Å². The van der Waals surface area contributed by atoms with E-state index in [0.29, 0.717) is 38.8 Å². The van der Waals surface area contributed by atoms with Crippen molar-refractivity contribution in [3.63, 3.8) is 0 Å². The molecule has 2 atom stereocenters. The van der Waals surface area contributed by atoms with Gasteiger partial charge in [-0.2, -0.15) is 0 Å². The molecule has 0 saturated carbocycles. The molecule has 13 heteroatoms. The van der Waals surface area contributed by atoms with Crippen molar-refractivity contribution < 1.29 is 58.5 Å². The van der Waals surface area contributed by atoms with Crippen molar-refractivity contribution in [3.8, 4) is 0 Å². The van der Waals surface area contributed by atoms with Crippen LogP contribution in [0.1, 0.15) is 93.9 Å². The molecule has 0 aliphatic rings. The van der Waals surface area contributed by atoms with E-state index in [4.69, 9.17) is 11.5 Å². The second-order valence-electron chi connectivity index (χ2n) is 11.0. The molecule has 0 unspecified atom stereocenters. The van der Waals surface area contributed by atoms with Gasteiger partial charge < -0.3 is 31.3 Å². The Morgan fingerprint density at radius 2 is 0.732 bits per heavy atom. The third-order valence-corrected chi connectivity index (χ3v) is 5.96. The number of nitrogens with two attached hydrogens (primary N) is 2. The van der Waals surface area contributed by atoms with Crippen molar-refractivity contribution in [3.05, 3.63) is 0 Å². The van der Waals surface area contributed by atoms with Gasteiger partial charge in [0.1, 0.15) is 0 Å². The van der Waals surface area contributed by atoms with Crippen LogP contribution in [0, 0.1) is 23.7 Å². The first-order chi connectivity index (χ1) is 18.5. The van der Waals surface area contributed by atoms with Crippen LogP contribution in [0.5, 0.6) is 0 Å². The SMILES string of the molecule is CC(C)C(=O)N(C(=O)C(C)C)[C@@H](CCCCN)C(=O)[O-].CC(C)C(=O)N(C(=O)C(C)C)[C@@H](CCCCN)C(=O)[O-].[Zn+2]. The fraction of sp³-hybridized carbons (Fsp3) is 0.786. The van der Waals surface area contributed by atoms with Gasteiger partial charge in [-0.1, -0.05) is 55.4 Å². The Labute approximate surface area is 257 Å². The van der Waals surface area contributed by atoms with Crippen LogP contribution in [-0.4, -0.2) is 70.5 Å². The molecule has 4 amide bonds. The van der Waals surface area contributed by atoms with Crippen LogP contribution in [0.2, 0.25) is 0 Å². The number of carboxylic acids is 2. The standard InChI is InChI=1S/2C14H26N2O4.Zn/c2*1-9(2)12(17)16(13(18)10(3)4)11(14(19)20)7-5-6-8-15;/h2*9-11H,5-8,15H2,1-4H3,(H,19,20);/q;;+2/p-2/t2*11-;/m00./s1. The summed E-state index contributed by atoms with van der Waals surface area (Å²) in [4.78, 5) is 73.0. The molecular formula is C28H50N4O8Zn. The molecule has 0 aromatic rings. The predicted molar refractivity (Wildman–Crippen MR) is 146 cm³/mol. The molecule has 0 fully saturated rings. The van der Waals surface area contributed by atoms with Gasteiger partial charge in [0, 0.05) is 23.7 Å². The Morgan fingerprint density at radius 3 is 0.878 bits per heavy atom. The van der Waals surface area contributed by atoms with E-state index in [1.54, 1.807) is 55.4 Å². The fourth-order valence-electron chi connectivity index (χ4n) is 3.61. The number of hydrogen-bond acceptors (Lipinski definition) is 10. The summed E-state index contributed by atoms with van der Waals surface area (Å²) in [6.07, 6.45) is 2.70. The normalized spacial score (nSPS) is 12.2. The third-order valence-electron chi connectivity index (χ3n) is 5.96. The molecule has 0 aliphatic carbocycles. The maximum atomic E-state index is 12.2. The summed E-state index contributed by atoms with van der Waals surface area (Å²) in [5.41, 5.74) is 10.7. The van der Waals surface area contributed by atoms with Crippen LogP contribution in [0.15, 0.2) is 0 Å². The average molecular weight is 636 g/mol. The van der Waals surface area contributed by atoms with Gasteiger partial charge in [0.15, 0.2) is 0 Å². The zero-order valence-electron chi connectivity index (χ0n) is 26.1. The Kier molecular flexibility index (Phi) is 23.6. The van der Waals surface area contributed by atoms with Crippen molar-refractivity contribution in [2.24, 2.45) is 35.1 Å². The van der Waals surface area contributed by atoms with Crippen LogP contribution in [-0.2, 0) is 48.2 Å². The number of carbonyl (C=O) groups is 6. The Balaban J connectivity index is -0.000000688. The molecule has 0 radical (unpaired) electrons. The zero-order chi connectivity index (χ0) is 31.7. The number of carboxylic acid groups (broad SMARTS) is 2. The van der Waals surface area contributed by atoms with Gasteiger partial charge in [-0.25, -0.2) is 0 Å². The number of hydrogen-bond donors (Lipinski definition) is 2. The summed E-state index contributed by atoms with van der Waals surface area (Å²) in [6.45, 7) is 14.0. The van der Waals surface area contributed by atoms with E-state index < -0.39 is 71.3 Å². The fourth-order valence-corrected chi connectivity index (χ4v) is 3.61. The summed E-state index contributed by atoms with van der Waals surface area (Å²) < 4.78 is 0. The van der Waals surface area contributed by atoms with Crippen LogP contribution in [0.3, 0.4) is 0 Å². The van der Waals surface area contributed by atoms with Crippen molar-refractivity contribution in [2.45, 2.75) is 106 Å². The molecule has 232 valence electrons. The number of rotatable bonds is 16. The molecule has 41 heavy (non-hydrogen) atoms. The van der Waals surface area contributed by atoms with Crippen molar-refractivity contribution in [1.82, 2.24) is 9.80 Å². The molecule has 0 spiro atoms. The Hall–Kier alpha value is -2.24. The molecule has 12 nitrogen and oxygen atoms in total. The van der Waals surface area contributed by atoms with Gasteiger partial charge in [0.2, 0.25) is 23.6 Å². The summed E-state index contributed by atoms with van der Waals surface area (Å²) in [7, 11) is 0. The first-order valence-electron chi connectivity index (χ1n) is 14.0. The second kappa shape index (κ2) is 22.4.